The van der Waals surface area contributed by atoms with Crippen LogP contribution in [-0.2, 0) is 45.2 Å². The third kappa shape index (κ3) is 6.50. The van der Waals surface area contributed by atoms with Crippen LogP contribution in [0.2, 0.25) is 5.02 Å². The number of rotatable bonds is 8. The van der Waals surface area contributed by atoms with Gasteiger partial charge in [-0.1, -0.05) is 72.3 Å². The molecule has 1 heterocycles. The summed E-state index contributed by atoms with van der Waals surface area (Å²) in [4.78, 5) is 25.4. The first-order chi connectivity index (χ1) is 16.6. The Labute approximate surface area is 202 Å². The Morgan fingerprint density at radius 3 is 2.38 bits per heavy atom. The topological polar surface area (TPSA) is 83.1 Å². The van der Waals surface area contributed by atoms with Gasteiger partial charge in [0.05, 0.1) is 6.61 Å². The summed E-state index contributed by atoms with van der Waals surface area (Å²) in [5, 5.41) is 3.12. The van der Waals surface area contributed by atoms with E-state index in [1.807, 2.05) is 60.7 Å². The van der Waals surface area contributed by atoms with Crippen LogP contribution in [0.4, 0.5) is 4.79 Å². The van der Waals surface area contributed by atoms with Gasteiger partial charge in [0.15, 0.2) is 6.79 Å². The molecule has 7 nitrogen and oxygen atoms in total. The molecule has 0 bridgehead atoms. The fraction of sp³-hybridized carbons (Fsp3) is 0.231. The highest BCUT2D eigenvalue weighted by Gasteiger charge is 2.25. The maximum absolute atomic E-state index is 13.0. The minimum atomic E-state index is -0.940. The maximum Gasteiger partial charge on any atom is 0.408 e. The lowest BCUT2D eigenvalue weighted by Crippen LogP contribution is -2.43. The Kier molecular flexibility index (Phi) is 8.01. The number of amides is 1. The molecule has 0 aliphatic carbocycles. The first kappa shape index (κ1) is 23.6. The second kappa shape index (κ2) is 11.5. The van der Waals surface area contributed by atoms with Gasteiger partial charge in [0.25, 0.3) is 0 Å². The molecule has 1 amide bonds. The van der Waals surface area contributed by atoms with Gasteiger partial charge < -0.3 is 24.3 Å². The van der Waals surface area contributed by atoms with Crippen LogP contribution in [0.5, 0.6) is 5.75 Å². The first-order valence-corrected chi connectivity index (χ1v) is 11.2. The molecule has 0 unspecified atom stereocenters. The quantitative estimate of drug-likeness (QED) is 0.466. The van der Waals surface area contributed by atoms with Crippen molar-refractivity contribution in [2.75, 3.05) is 6.79 Å². The summed E-state index contributed by atoms with van der Waals surface area (Å²) in [5.74, 6) is -0.000381. The average molecular weight is 482 g/mol. The van der Waals surface area contributed by atoms with E-state index in [9.17, 15) is 9.59 Å². The predicted octanol–water partition coefficient (Wildman–Crippen LogP) is 4.79. The number of hydrogen-bond donors (Lipinski definition) is 1. The van der Waals surface area contributed by atoms with Crippen LogP contribution >= 0.6 is 11.6 Å². The largest absolute Gasteiger partial charge is 0.467 e. The molecule has 1 N–H and O–H groups in total. The lowest BCUT2D eigenvalue weighted by atomic mass is 10.1. The van der Waals surface area contributed by atoms with E-state index < -0.39 is 18.1 Å². The summed E-state index contributed by atoms with van der Waals surface area (Å²) in [7, 11) is 0. The summed E-state index contributed by atoms with van der Waals surface area (Å²) >= 11 is 6.20. The summed E-state index contributed by atoms with van der Waals surface area (Å²) < 4.78 is 21.7. The van der Waals surface area contributed by atoms with Crippen molar-refractivity contribution in [3.05, 3.63) is 100 Å². The second-order valence-electron chi connectivity index (χ2n) is 7.72. The number of alkyl carbamates (subject to hydrolysis) is 1. The Bertz CT molecular complexity index is 1120. The summed E-state index contributed by atoms with van der Waals surface area (Å²) in [6.45, 7) is 0.505. The van der Waals surface area contributed by atoms with Crippen molar-refractivity contribution in [3.63, 3.8) is 0 Å². The molecule has 0 aromatic heterocycles. The SMILES string of the molecule is O=C(N[C@@H](Cc1ccccc1)C(=O)OCc1cc(Cl)cc2c1OCOC2)OCc1ccccc1. The molecule has 1 aliphatic rings. The van der Waals surface area contributed by atoms with Crippen molar-refractivity contribution < 1.29 is 28.5 Å². The van der Waals surface area contributed by atoms with Crippen LogP contribution in [0, 0.1) is 0 Å². The average Bonchev–Trinajstić information content (AvgIpc) is 2.86. The molecule has 0 saturated carbocycles. The van der Waals surface area contributed by atoms with Crippen molar-refractivity contribution in [2.24, 2.45) is 0 Å². The van der Waals surface area contributed by atoms with Crippen LogP contribution in [0.15, 0.2) is 72.8 Å². The van der Waals surface area contributed by atoms with Crippen molar-refractivity contribution in [1.29, 1.82) is 0 Å². The van der Waals surface area contributed by atoms with Crippen LogP contribution < -0.4 is 10.1 Å². The highest BCUT2D eigenvalue weighted by Crippen LogP contribution is 2.32. The smallest absolute Gasteiger partial charge is 0.408 e. The van der Waals surface area contributed by atoms with E-state index in [1.54, 1.807) is 12.1 Å². The number of hydrogen-bond acceptors (Lipinski definition) is 6. The van der Waals surface area contributed by atoms with Gasteiger partial charge in [-0.3, -0.25) is 0 Å². The van der Waals surface area contributed by atoms with E-state index in [2.05, 4.69) is 5.32 Å². The minimum absolute atomic E-state index is 0.0617. The van der Waals surface area contributed by atoms with Gasteiger partial charge in [-0.2, -0.15) is 0 Å². The molecule has 0 radical (unpaired) electrons. The van der Waals surface area contributed by atoms with Crippen molar-refractivity contribution in [2.45, 2.75) is 32.3 Å². The van der Waals surface area contributed by atoms with Crippen LogP contribution in [0.1, 0.15) is 22.3 Å². The fourth-order valence-electron chi connectivity index (χ4n) is 3.56. The monoisotopic (exact) mass is 481 g/mol. The zero-order valence-electron chi connectivity index (χ0n) is 18.4. The number of esters is 1. The van der Waals surface area contributed by atoms with E-state index in [0.29, 0.717) is 22.9 Å². The van der Waals surface area contributed by atoms with Crippen LogP contribution in [0.25, 0.3) is 0 Å². The molecule has 3 aromatic carbocycles. The summed E-state index contributed by atoms with van der Waals surface area (Å²) in [5.41, 5.74) is 3.13. The first-order valence-electron chi connectivity index (χ1n) is 10.8. The van der Waals surface area contributed by atoms with Crippen molar-refractivity contribution >= 4 is 23.7 Å². The lowest BCUT2D eigenvalue weighted by Gasteiger charge is -2.22. The van der Waals surface area contributed by atoms with Gasteiger partial charge >= 0.3 is 12.1 Å². The number of carbonyl (C=O) groups is 2. The number of fused-ring (bicyclic) bond motifs is 1. The van der Waals surface area contributed by atoms with Gasteiger partial charge in [-0.15, -0.1) is 0 Å². The van der Waals surface area contributed by atoms with E-state index in [0.717, 1.165) is 16.7 Å². The Balaban J connectivity index is 1.42. The zero-order valence-corrected chi connectivity index (χ0v) is 19.1. The second-order valence-corrected chi connectivity index (χ2v) is 8.16. The van der Waals surface area contributed by atoms with Crippen molar-refractivity contribution in [3.8, 4) is 5.75 Å². The minimum Gasteiger partial charge on any atom is -0.467 e. The molecular weight excluding hydrogens is 458 g/mol. The van der Waals surface area contributed by atoms with Gasteiger partial charge in [-0.05, 0) is 23.3 Å². The molecule has 176 valence electrons. The molecule has 4 rings (SSSR count). The molecule has 0 spiro atoms. The van der Waals surface area contributed by atoms with E-state index in [4.69, 9.17) is 30.5 Å². The molecular formula is C26H24ClNO6. The Morgan fingerprint density at radius 1 is 0.941 bits per heavy atom. The maximum atomic E-state index is 13.0. The summed E-state index contributed by atoms with van der Waals surface area (Å²) in [6.07, 6.45) is -0.458. The van der Waals surface area contributed by atoms with Crippen LogP contribution in [0.3, 0.4) is 0 Å². The van der Waals surface area contributed by atoms with E-state index >= 15 is 0 Å². The van der Waals surface area contributed by atoms with Gasteiger partial charge in [0, 0.05) is 22.6 Å². The number of benzene rings is 3. The normalized spacial score (nSPS) is 13.2. The standard InChI is InChI=1S/C26H24ClNO6/c27-22-12-20-15-31-17-34-24(20)21(13-22)16-32-25(29)23(11-18-7-3-1-4-8-18)28-26(30)33-14-19-9-5-2-6-10-19/h1-10,12-13,23H,11,14-17H2,(H,28,30)/t23-/m0/s1. The van der Waals surface area contributed by atoms with Gasteiger partial charge in [0.2, 0.25) is 0 Å². The molecule has 0 saturated heterocycles. The molecule has 3 aromatic rings. The fourth-order valence-corrected chi connectivity index (χ4v) is 3.83. The number of halogens is 1. The predicted molar refractivity (Wildman–Crippen MR) is 125 cm³/mol. The van der Waals surface area contributed by atoms with Crippen LogP contribution in [-0.4, -0.2) is 24.9 Å². The molecule has 34 heavy (non-hydrogen) atoms. The highest BCUT2D eigenvalue weighted by molar-refractivity contribution is 6.30. The number of nitrogens with one attached hydrogen (secondary N) is 1. The zero-order chi connectivity index (χ0) is 23.8. The van der Waals surface area contributed by atoms with Gasteiger partial charge in [-0.25, -0.2) is 9.59 Å². The third-order valence-electron chi connectivity index (χ3n) is 5.19. The van der Waals surface area contributed by atoms with Crippen molar-refractivity contribution in [1.82, 2.24) is 5.32 Å². The molecule has 1 aliphatic heterocycles. The lowest BCUT2D eigenvalue weighted by molar-refractivity contribution is -0.147. The Morgan fingerprint density at radius 2 is 1.65 bits per heavy atom. The van der Waals surface area contributed by atoms with E-state index in [-0.39, 0.29) is 26.4 Å². The third-order valence-corrected chi connectivity index (χ3v) is 5.41. The van der Waals surface area contributed by atoms with Gasteiger partial charge in [0.1, 0.15) is 25.0 Å². The molecule has 0 fully saturated rings. The highest BCUT2D eigenvalue weighted by atomic mass is 35.5. The number of carbonyl (C=O) groups excluding carboxylic acids is 2. The van der Waals surface area contributed by atoms with E-state index in [1.165, 1.54) is 0 Å². The molecule has 8 heteroatoms. The summed E-state index contributed by atoms with van der Waals surface area (Å²) in [6, 6.07) is 21.1. The number of ether oxygens (including phenoxy) is 4. The Hall–Kier alpha value is -3.55. The molecule has 1 atom stereocenters.